The lowest BCUT2D eigenvalue weighted by Crippen LogP contribution is -2.38. The first kappa shape index (κ1) is 9.95. The van der Waals surface area contributed by atoms with Gasteiger partial charge in [-0.25, -0.2) is 4.39 Å². The fourth-order valence-electron chi connectivity index (χ4n) is 1.26. The molecule has 1 heterocycles. The van der Waals surface area contributed by atoms with Crippen LogP contribution < -0.4 is 5.32 Å². The molecule has 13 heavy (non-hydrogen) atoms. The Morgan fingerprint density at radius 3 is 2.77 bits per heavy atom. The normalized spacial score (nSPS) is 21.7. The molecule has 0 bridgehead atoms. The largest absolute Gasteiger partial charge is 0.347 e. The molecule has 0 aliphatic carbocycles. The van der Waals surface area contributed by atoms with Crippen LogP contribution in [0.15, 0.2) is 0 Å². The Balaban J connectivity index is 2.27. The molecule has 1 fully saturated rings. The fraction of sp³-hybridized carbons (Fsp3) is 0.750. The van der Waals surface area contributed by atoms with E-state index in [1.807, 2.05) is 0 Å². The summed E-state index contributed by atoms with van der Waals surface area (Å²) in [5.74, 6) is -0.459. The van der Waals surface area contributed by atoms with Crippen LogP contribution in [0.5, 0.6) is 0 Å². The lowest BCUT2D eigenvalue weighted by Gasteiger charge is -2.14. The fourth-order valence-corrected chi connectivity index (χ4v) is 1.26. The van der Waals surface area contributed by atoms with Crippen molar-refractivity contribution in [2.24, 2.45) is 0 Å². The van der Waals surface area contributed by atoms with Crippen LogP contribution >= 0.6 is 0 Å². The monoisotopic (exact) mass is 188 g/mol. The van der Waals surface area contributed by atoms with Crippen LogP contribution in [0, 0.1) is 0 Å². The van der Waals surface area contributed by atoms with Gasteiger partial charge in [0.2, 0.25) is 11.8 Å². The summed E-state index contributed by atoms with van der Waals surface area (Å²) in [7, 11) is 0. The summed E-state index contributed by atoms with van der Waals surface area (Å²) in [4.78, 5) is 23.1. The van der Waals surface area contributed by atoms with Crippen molar-refractivity contribution in [2.75, 3.05) is 19.6 Å². The number of halogens is 1. The lowest BCUT2D eigenvalue weighted by molar-refractivity contribution is -0.131. The minimum absolute atomic E-state index is 0.0257. The third-order valence-corrected chi connectivity index (χ3v) is 1.97. The first-order chi connectivity index (χ1) is 6.09. The van der Waals surface area contributed by atoms with Gasteiger partial charge in [0, 0.05) is 13.5 Å². The van der Waals surface area contributed by atoms with E-state index < -0.39 is 6.17 Å². The quantitative estimate of drug-likeness (QED) is 0.646. The molecule has 1 atom stereocenters. The van der Waals surface area contributed by atoms with Crippen molar-refractivity contribution in [2.45, 2.75) is 19.5 Å². The van der Waals surface area contributed by atoms with Gasteiger partial charge in [0.15, 0.2) is 0 Å². The van der Waals surface area contributed by atoms with Crippen molar-refractivity contribution in [3.8, 4) is 0 Å². The van der Waals surface area contributed by atoms with Crippen molar-refractivity contribution in [3.05, 3.63) is 0 Å². The van der Waals surface area contributed by atoms with Crippen molar-refractivity contribution in [1.82, 2.24) is 10.2 Å². The highest BCUT2D eigenvalue weighted by Gasteiger charge is 2.25. The molecule has 1 saturated heterocycles. The first-order valence-corrected chi connectivity index (χ1v) is 4.26. The Morgan fingerprint density at radius 1 is 1.62 bits per heavy atom. The maximum Gasteiger partial charge on any atom is 0.242 e. The number of rotatable bonds is 2. The maximum atomic E-state index is 12.7. The third kappa shape index (κ3) is 3.01. The summed E-state index contributed by atoms with van der Waals surface area (Å²) >= 11 is 0. The molecule has 1 unspecified atom stereocenters. The van der Waals surface area contributed by atoms with E-state index >= 15 is 0 Å². The van der Waals surface area contributed by atoms with Crippen molar-refractivity contribution in [3.63, 3.8) is 0 Å². The Hall–Kier alpha value is -1.13. The van der Waals surface area contributed by atoms with Gasteiger partial charge in [-0.3, -0.25) is 9.59 Å². The topological polar surface area (TPSA) is 49.4 Å². The van der Waals surface area contributed by atoms with Gasteiger partial charge >= 0.3 is 0 Å². The van der Waals surface area contributed by atoms with E-state index in [-0.39, 0.29) is 24.9 Å². The molecule has 0 spiro atoms. The summed E-state index contributed by atoms with van der Waals surface area (Å²) in [6.07, 6.45) is -0.493. The maximum absolute atomic E-state index is 12.7. The summed E-state index contributed by atoms with van der Waals surface area (Å²) in [6, 6.07) is 0. The van der Waals surface area contributed by atoms with Crippen LogP contribution in [0.25, 0.3) is 0 Å². The zero-order chi connectivity index (χ0) is 9.84. The predicted octanol–water partition coefficient (Wildman–Crippen LogP) is -0.307. The number of carbonyl (C=O) groups is 2. The van der Waals surface area contributed by atoms with Crippen molar-refractivity contribution < 1.29 is 14.0 Å². The second-order valence-electron chi connectivity index (χ2n) is 3.14. The summed E-state index contributed by atoms with van der Waals surface area (Å²) < 4.78 is 12.7. The molecule has 4 nitrogen and oxygen atoms in total. The molecular weight excluding hydrogens is 175 g/mol. The van der Waals surface area contributed by atoms with E-state index in [4.69, 9.17) is 0 Å². The highest BCUT2D eigenvalue weighted by Crippen LogP contribution is 2.11. The van der Waals surface area contributed by atoms with Crippen LogP contribution in [0.3, 0.4) is 0 Å². The zero-order valence-electron chi connectivity index (χ0n) is 7.55. The Kier molecular flexibility index (Phi) is 3.22. The van der Waals surface area contributed by atoms with E-state index in [0.29, 0.717) is 13.0 Å². The van der Waals surface area contributed by atoms with E-state index in [0.717, 1.165) is 0 Å². The van der Waals surface area contributed by atoms with Gasteiger partial charge in [-0.2, -0.15) is 0 Å². The highest BCUT2D eigenvalue weighted by molar-refractivity contribution is 5.83. The molecule has 5 heteroatoms. The second-order valence-corrected chi connectivity index (χ2v) is 3.14. The molecule has 2 amide bonds. The number of likely N-dealkylation sites (tertiary alicyclic amines) is 1. The predicted molar refractivity (Wildman–Crippen MR) is 44.8 cm³/mol. The van der Waals surface area contributed by atoms with Crippen LogP contribution in [0.1, 0.15) is 13.3 Å². The molecule has 1 rings (SSSR count). The summed E-state index contributed by atoms with van der Waals surface area (Å²) in [5, 5.41) is 2.38. The average molecular weight is 188 g/mol. The number of carbonyl (C=O) groups excluding carboxylic acids is 2. The minimum atomic E-state index is -0.902. The number of hydrogen-bond acceptors (Lipinski definition) is 2. The second kappa shape index (κ2) is 4.20. The van der Waals surface area contributed by atoms with E-state index in [2.05, 4.69) is 5.32 Å². The molecule has 74 valence electrons. The van der Waals surface area contributed by atoms with Gasteiger partial charge < -0.3 is 10.2 Å². The van der Waals surface area contributed by atoms with Gasteiger partial charge in [0.1, 0.15) is 6.17 Å². The van der Waals surface area contributed by atoms with Crippen molar-refractivity contribution >= 4 is 11.8 Å². The molecule has 1 aliphatic rings. The first-order valence-electron chi connectivity index (χ1n) is 4.26. The molecule has 0 aromatic rings. The number of amides is 2. The number of nitrogens with one attached hydrogen (secondary N) is 1. The Morgan fingerprint density at radius 2 is 2.31 bits per heavy atom. The summed E-state index contributed by atoms with van der Waals surface area (Å²) in [6.45, 7) is 1.94. The average Bonchev–Trinajstić information content (AvgIpc) is 2.47. The van der Waals surface area contributed by atoms with Crippen LogP contribution in [0.2, 0.25) is 0 Å². The summed E-state index contributed by atoms with van der Waals surface area (Å²) in [5.41, 5.74) is 0. The SMILES string of the molecule is CC(=O)NCC(=O)N1CCC(F)C1. The van der Waals surface area contributed by atoms with Gasteiger partial charge in [-0.1, -0.05) is 0 Å². The number of nitrogens with zero attached hydrogens (tertiary/aromatic N) is 1. The van der Waals surface area contributed by atoms with Gasteiger partial charge in [0.25, 0.3) is 0 Å². The van der Waals surface area contributed by atoms with Gasteiger partial charge in [-0.15, -0.1) is 0 Å². The molecule has 0 aromatic carbocycles. The van der Waals surface area contributed by atoms with E-state index in [1.54, 1.807) is 0 Å². The Bertz CT molecular complexity index is 220. The standard InChI is InChI=1S/C8H13FN2O2/c1-6(12)10-4-8(13)11-3-2-7(9)5-11/h7H,2-5H2,1H3,(H,10,12). The van der Waals surface area contributed by atoms with Crippen molar-refractivity contribution in [1.29, 1.82) is 0 Å². The number of hydrogen-bond donors (Lipinski definition) is 1. The van der Waals surface area contributed by atoms with Crippen LogP contribution in [0.4, 0.5) is 4.39 Å². The van der Waals surface area contributed by atoms with Gasteiger partial charge in [-0.05, 0) is 6.42 Å². The lowest BCUT2D eigenvalue weighted by atomic mass is 10.3. The van der Waals surface area contributed by atoms with Gasteiger partial charge in [0.05, 0.1) is 13.1 Å². The zero-order valence-corrected chi connectivity index (χ0v) is 7.55. The van der Waals surface area contributed by atoms with Crippen LogP contribution in [-0.4, -0.2) is 42.5 Å². The van der Waals surface area contributed by atoms with E-state index in [9.17, 15) is 14.0 Å². The smallest absolute Gasteiger partial charge is 0.242 e. The highest BCUT2D eigenvalue weighted by atomic mass is 19.1. The number of alkyl halides is 1. The minimum Gasteiger partial charge on any atom is -0.347 e. The molecule has 1 aliphatic heterocycles. The Labute approximate surface area is 76.1 Å². The van der Waals surface area contributed by atoms with Crippen LogP contribution in [-0.2, 0) is 9.59 Å². The molecule has 1 N–H and O–H groups in total. The molecule has 0 radical (unpaired) electrons. The molecular formula is C8H13FN2O2. The molecule has 0 saturated carbocycles. The van der Waals surface area contributed by atoms with E-state index in [1.165, 1.54) is 11.8 Å². The molecule has 0 aromatic heterocycles. The third-order valence-electron chi connectivity index (χ3n) is 1.97.